The smallest absolute Gasteiger partial charge is 0.244 e. The van der Waals surface area contributed by atoms with Gasteiger partial charge in [-0.05, 0) is 33.6 Å². The van der Waals surface area contributed by atoms with E-state index >= 15 is 0 Å². The number of fused-ring (bicyclic) bond motifs is 1. The number of aromatic nitrogens is 3. The van der Waals surface area contributed by atoms with Crippen LogP contribution in [0.1, 0.15) is 0 Å². The average molecular weight is 305 g/mol. The van der Waals surface area contributed by atoms with E-state index in [2.05, 4.69) is 26.0 Å². The van der Waals surface area contributed by atoms with Crippen molar-refractivity contribution in [3.8, 4) is 5.88 Å². The SMILES string of the molecule is Clc1nc(OC2COC2)c2c(Br)ccn2n1. The van der Waals surface area contributed by atoms with Gasteiger partial charge in [0.2, 0.25) is 11.2 Å². The maximum absolute atomic E-state index is 5.81. The number of halogens is 2. The minimum Gasteiger partial charge on any atom is -0.468 e. The van der Waals surface area contributed by atoms with E-state index < -0.39 is 0 Å². The minimum atomic E-state index is 0.0524. The van der Waals surface area contributed by atoms with Gasteiger partial charge >= 0.3 is 0 Å². The Morgan fingerprint density at radius 1 is 1.56 bits per heavy atom. The molecule has 1 fully saturated rings. The van der Waals surface area contributed by atoms with Gasteiger partial charge in [0.05, 0.1) is 17.7 Å². The lowest BCUT2D eigenvalue weighted by Gasteiger charge is -2.26. The van der Waals surface area contributed by atoms with E-state index in [-0.39, 0.29) is 11.4 Å². The summed E-state index contributed by atoms with van der Waals surface area (Å²) in [6.45, 7) is 1.18. The second-order valence-corrected chi connectivity index (χ2v) is 4.61. The third-order valence-electron chi connectivity index (χ3n) is 2.29. The number of ether oxygens (including phenoxy) is 2. The summed E-state index contributed by atoms with van der Waals surface area (Å²) in [4.78, 5) is 4.08. The van der Waals surface area contributed by atoms with Crippen molar-refractivity contribution >= 4 is 33.0 Å². The van der Waals surface area contributed by atoms with E-state index in [4.69, 9.17) is 21.1 Å². The molecule has 1 aliphatic heterocycles. The molecule has 7 heteroatoms. The van der Waals surface area contributed by atoms with Gasteiger partial charge < -0.3 is 9.47 Å². The molecule has 16 heavy (non-hydrogen) atoms. The molecule has 1 aliphatic rings. The maximum Gasteiger partial charge on any atom is 0.244 e. The molecule has 5 nitrogen and oxygen atoms in total. The molecule has 3 heterocycles. The molecule has 3 rings (SSSR count). The molecule has 2 aromatic heterocycles. The number of nitrogens with zero attached hydrogens (tertiary/aromatic N) is 3. The monoisotopic (exact) mass is 303 g/mol. The van der Waals surface area contributed by atoms with Crippen LogP contribution in [0.2, 0.25) is 5.28 Å². The van der Waals surface area contributed by atoms with Gasteiger partial charge in [-0.2, -0.15) is 4.98 Å². The summed E-state index contributed by atoms with van der Waals surface area (Å²) in [6, 6.07) is 1.87. The highest BCUT2D eigenvalue weighted by atomic mass is 79.9. The molecule has 2 aromatic rings. The summed E-state index contributed by atoms with van der Waals surface area (Å²) >= 11 is 9.23. The lowest BCUT2D eigenvalue weighted by atomic mass is 10.3. The molecule has 0 radical (unpaired) electrons. The van der Waals surface area contributed by atoms with E-state index in [9.17, 15) is 0 Å². The van der Waals surface area contributed by atoms with Crippen LogP contribution in [-0.4, -0.2) is 33.9 Å². The lowest BCUT2D eigenvalue weighted by Crippen LogP contribution is -2.38. The molecule has 0 unspecified atom stereocenters. The fourth-order valence-corrected chi connectivity index (χ4v) is 2.08. The van der Waals surface area contributed by atoms with E-state index in [0.717, 1.165) is 9.99 Å². The molecule has 0 N–H and O–H groups in total. The molecule has 0 amide bonds. The van der Waals surface area contributed by atoms with E-state index in [1.807, 2.05) is 6.07 Å². The highest BCUT2D eigenvalue weighted by Gasteiger charge is 2.23. The van der Waals surface area contributed by atoms with Gasteiger partial charge in [-0.25, -0.2) is 4.52 Å². The summed E-state index contributed by atoms with van der Waals surface area (Å²) in [5.74, 6) is 0.477. The van der Waals surface area contributed by atoms with Crippen LogP contribution in [0.15, 0.2) is 16.7 Å². The second kappa shape index (κ2) is 3.87. The van der Waals surface area contributed by atoms with Crippen molar-refractivity contribution in [1.82, 2.24) is 14.6 Å². The normalized spacial score (nSPS) is 16.4. The Morgan fingerprint density at radius 2 is 2.38 bits per heavy atom. The van der Waals surface area contributed by atoms with Gasteiger partial charge in [0.1, 0.15) is 11.6 Å². The van der Waals surface area contributed by atoms with Crippen LogP contribution in [0.3, 0.4) is 0 Å². The zero-order valence-electron chi connectivity index (χ0n) is 8.06. The largest absolute Gasteiger partial charge is 0.468 e. The van der Waals surface area contributed by atoms with Crippen LogP contribution >= 0.6 is 27.5 Å². The standard InChI is InChI=1S/C9H7BrClN3O2/c10-6-1-2-14-7(6)8(12-9(11)13-14)16-5-3-15-4-5/h1-2,5H,3-4H2. The Hall–Kier alpha value is -0.850. The van der Waals surface area contributed by atoms with Crippen molar-refractivity contribution < 1.29 is 9.47 Å². The summed E-state index contributed by atoms with van der Waals surface area (Å²) in [6.07, 6.45) is 1.84. The molecule has 0 aromatic carbocycles. The molecule has 1 saturated heterocycles. The third-order valence-corrected chi connectivity index (χ3v) is 3.09. The highest BCUT2D eigenvalue weighted by Crippen LogP contribution is 2.28. The van der Waals surface area contributed by atoms with Gasteiger partial charge in [0.15, 0.2) is 0 Å². The quantitative estimate of drug-likeness (QED) is 0.850. The van der Waals surface area contributed by atoms with Crippen LogP contribution in [0, 0.1) is 0 Å². The van der Waals surface area contributed by atoms with Crippen molar-refractivity contribution in [3.63, 3.8) is 0 Å². The average Bonchev–Trinajstić information content (AvgIpc) is 2.53. The van der Waals surface area contributed by atoms with Crippen molar-refractivity contribution in [2.24, 2.45) is 0 Å². The van der Waals surface area contributed by atoms with Crippen molar-refractivity contribution in [3.05, 3.63) is 22.0 Å². The predicted molar refractivity (Wildman–Crippen MR) is 60.9 cm³/mol. The molecule has 0 saturated carbocycles. The first kappa shape index (κ1) is 10.3. The van der Waals surface area contributed by atoms with Gasteiger partial charge in [-0.1, -0.05) is 0 Å². The van der Waals surface area contributed by atoms with E-state index in [1.165, 1.54) is 0 Å². The Bertz CT molecular complexity index is 541. The van der Waals surface area contributed by atoms with Crippen LogP contribution in [0.5, 0.6) is 5.88 Å². The van der Waals surface area contributed by atoms with Gasteiger partial charge in [-0.15, -0.1) is 5.10 Å². The van der Waals surface area contributed by atoms with Crippen LogP contribution in [-0.2, 0) is 4.74 Å². The molecule has 0 spiro atoms. The summed E-state index contributed by atoms with van der Waals surface area (Å²) in [5, 5.41) is 4.20. The Kier molecular flexibility index (Phi) is 2.49. The molecule has 0 aliphatic carbocycles. The highest BCUT2D eigenvalue weighted by molar-refractivity contribution is 9.10. The first-order chi connectivity index (χ1) is 7.74. The van der Waals surface area contributed by atoms with Crippen LogP contribution < -0.4 is 4.74 Å². The first-order valence-corrected chi connectivity index (χ1v) is 5.86. The first-order valence-electron chi connectivity index (χ1n) is 4.69. The zero-order chi connectivity index (χ0) is 11.1. The molecule has 0 bridgehead atoms. The van der Waals surface area contributed by atoms with E-state index in [1.54, 1.807) is 10.7 Å². The van der Waals surface area contributed by atoms with Gasteiger partial charge in [-0.3, -0.25) is 0 Å². The lowest BCUT2D eigenvalue weighted by molar-refractivity contribution is -0.0809. The fraction of sp³-hybridized carbons (Fsp3) is 0.333. The molecule has 84 valence electrons. The van der Waals surface area contributed by atoms with Crippen LogP contribution in [0.4, 0.5) is 0 Å². The second-order valence-electron chi connectivity index (χ2n) is 3.42. The van der Waals surface area contributed by atoms with E-state index in [0.29, 0.717) is 19.1 Å². The minimum absolute atomic E-state index is 0.0524. The Balaban J connectivity index is 2.08. The predicted octanol–water partition coefficient (Wildman–Crippen LogP) is 1.92. The van der Waals surface area contributed by atoms with Crippen LogP contribution in [0.25, 0.3) is 5.52 Å². The van der Waals surface area contributed by atoms with Gasteiger partial charge in [0.25, 0.3) is 0 Å². The summed E-state index contributed by atoms with van der Waals surface area (Å²) < 4.78 is 13.2. The van der Waals surface area contributed by atoms with Crippen molar-refractivity contribution in [1.29, 1.82) is 0 Å². The maximum atomic E-state index is 5.81. The number of rotatable bonds is 2. The number of hydrogen-bond donors (Lipinski definition) is 0. The zero-order valence-corrected chi connectivity index (χ0v) is 10.4. The summed E-state index contributed by atoms with van der Waals surface area (Å²) in [5.41, 5.74) is 0.774. The van der Waals surface area contributed by atoms with Gasteiger partial charge in [0, 0.05) is 6.20 Å². The molecular formula is C9H7BrClN3O2. The molecular weight excluding hydrogens is 297 g/mol. The van der Waals surface area contributed by atoms with Crippen molar-refractivity contribution in [2.45, 2.75) is 6.10 Å². The topological polar surface area (TPSA) is 48.7 Å². The number of hydrogen-bond acceptors (Lipinski definition) is 4. The summed E-state index contributed by atoms with van der Waals surface area (Å²) in [7, 11) is 0. The van der Waals surface area contributed by atoms with Crippen molar-refractivity contribution in [2.75, 3.05) is 13.2 Å². The Labute approximate surface area is 104 Å². The Morgan fingerprint density at radius 3 is 3.06 bits per heavy atom. The third kappa shape index (κ3) is 1.66. The fourth-order valence-electron chi connectivity index (χ4n) is 1.45. The molecule has 0 atom stereocenters.